The molecule has 0 aromatic rings. The largest absolute Gasteiger partial charge is 0.472 e. The zero-order valence-electron chi connectivity index (χ0n) is 24.9. The topological polar surface area (TPSA) is 77.5 Å². The number of ether oxygens (including phenoxy) is 2. The summed E-state index contributed by atoms with van der Waals surface area (Å²) in [4.78, 5) is 11.6. The zero-order valence-corrected chi connectivity index (χ0v) is 25.8. The van der Waals surface area contributed by atoms with Crippen LogP contribution < -0.4 is 0 Å². The first-order chi connectivity index (χ1) is 16.9. The highest BCUT2D eigenvalue weighted by Crippen LogP contribution is 2.43. The molecular weight excluding hydrogens is 477 g/mol. The van der Waals surface area contributed by atoms with Gasteiger partial charge in [0.2, 0.25) is 0 Å². The van der Waals surface area contributed by atoms with Gasteiger partial charge < -0.3 is 19.3 Å². The normalized spacial score (nSPS) is 17.3. The predicted octanol–water partition coefficient (Wildman–Crippen LogP) is 7.18. The van der Waals surface area contributed by atoms with E-state index in [1.807, 2.05) is 19.0 Å². The number of likely N-dealkylation sites (N-methyl/N-ethyl adjacent to an activating group) is 1. The van der Waals surface area contributed by atoms with Gasteiger partial charge in [-0.05, 0) is 44.2 Å². The van der Waals surface area contributed by atoms with E-state index in [9.17, 15) is 9.46 Å². The molecule has 0 aliphatic carbocycles. The van der Waals surface area contributed by atoms with E-state index in [2.05, 4.69) is 34.6 Å². The summed E-state index contributed by atoms with van der Waals surface area (Å²) >= 11 is 0. The molecule has 1 N–H and O–H groups in total. The lowest BCUT2D eigenvalue weighted by molar-refractivity contribution is -0.0237. The Balaban J connectivity index is 3.82. The van der Waals surface area contributed by atoms with E-state index in [1.54, 1.807) is 7.11 Å². The molecule has 0 spiro atoms. The van der Waals surface area contributed by atoms with E-state index in [0.717, 1.165) is 24.2 Å². The van der Waals surface area contributed by atoms with Crippen LogP contribution >= 0.6 is 7.82 Å². The highest BCUT2D eigenvalue weighted by molar-refractivity contribution is 7.47. The molecule has 218 valence electrons. The summed E-state index contributed by atoms with van der Waals surface area (Å²) in [5.41, 5.74) is 0. The molecule has 0 fully saturated rings. The third-order valence-electron chi connectivity index (χ3n) is 6.87. The molecular formula is C28H60NO6P. The number of nitrogens with zero attached hydrogens (tertiary/aromatic N) is 1. The van der Waals surface area contributed by atoms with Crippen molar-refractivity contribution in [1.82, 2.24) is 4.90 Å². The molecule has 0 saturated carbocycles. The molecule has 0 aromatic heterocycles. The third-order valence-corrected chi connectivity index (χ3v) is 7.86. The number of phosphoric ester groups is 1. The quantitative estimate of drug-likeness (QED) is 0.0976. The number of phosphoric acid groups is 1. The van der Waals surface area contributed by atoms with Crippen molar-refractivity contribution in [3.63, 3.8) is 0 Å². The van der Waals surface area contributed by atoms with Crippen molar-refractivity contribution in [3.8, 4) is 0 Å². The molecule has 0 heterocycles. The lowest BCUT2D eigenvalue weighted by Crippen LogP contribution is -2.25. The van der Waals surface area contributed by atoms with Crippen molar-refractivity contribution in [2.75, 3.05) is 54.2 Å². The second-order valence-electron chi connectivity index (χ2n) is 11.6. The number of methoxy groups -OCH3 is 1. The van der Waals surface area contributed by atoms with Gasteiger partial charge in [0.25, 0.3) is 0 Å². The summed E-state index contributed by atoms with van der Waals surface area (Å²) < 4.78 is 33.0. The Kier molecular flexibility index (Phi) is 21.9. The van der Waals surface area contributed by atoms with Crippen LogP contribution in [0.1, 0.15) is 98.8 Å². The van der Waals surface area contributed by atoms with E-state index in [-0.39, 0.29) is 13.2 Å². The highest BCUT2D eigenvalue weighted by atomic mass is 31.2. The average Bonchev–Trinajstić information content (AvgIpc) is 2.78. The molecule has 0 rings (SSSR count). The fourth-order valence-electron chi connectivity index (χ4n) is 4.17. The van der Waals surface area contributed by atoms with Crippen LogP contribution in [0.5, 0.6) is 0 Å². The standard InChI is InChI=1S/C28H60NO6P/c1-24(2)12-9-13-25(3)14-10-15-26(4)16-11-17-27(5)18-20-33-22-28(32-8)23-35-36(30,31)34-21-19-29(6)7/h24-28H,9-23H2,1-8H3,(H,30,31). The Morgan fingerprint density at radius 3 is 1.69 bits per heavy atom. The Morgan fingerprint density at radius 1 is 0.722 bits per heavy atom. The molecule has 36 heavy (non-hydrogen) atoms. The molecule has 0 saturated heterocycles. The van der Waals surface area contributed by atoms with Gasteiger partial charge in [-0.25, -0.2) is 4.57 Å². The minimum Gasteiger partial charge on any atom is -0.379 e. The van der Waals surface area contributed by atoms with Crippen LogP contribution in [0.15, 0.2) is 0 Å². The smallest absolute Gasteiger partial charge is 0.379 e. The maximum Gasteiger partial charge on any atom is 0.472 e. The Morgan fingerprint density at radius 2 is 1.22 bits per heavy atom. The average molecular weight is 538 g/mol. The molecule has 5 atom stereocenters. The first-order valence-electron chi connectivity index (χ1n) is 14.3. The molecule has 0 aromatic carbocycles. The molecule has 5 unspecified atom stereocenters. The molecule has 8 heteroatoms. The van der Waals surface area contributed by atoms with Gasteiger partial charge >= 0.3 is 7.82 Å². The van der Waals surface area contributed by atoms with Crippen LogP contribution in [0.25, 0.3) is 0 Å². The molecule has 0 aliphatic heterocycles. The summed E-state index contributed by atoms with van der Waals surface area (Å²) in [6, 6.07) is 0. The van der Waals surface area contributed by atoms with Gasteiger partial charge in [0.1, 0.15) is 6.10 Å². The lowest BCUT2D eigenvalue weighted by Gasteiger charge is -2.19. The fourth-order valence-corrected chi connectivity index (χ4v) is 4.92. The van der Waals surface area contributed by atoms with Crippen LogP contribution in [0.3, 0.4) is 0 Å². The van der Waals surface area contributed by atoms with Crippen LogP contribution in [-0.2, 0) is 23.1 Å². The molecule has 7 nitrogen and oxygen atoms in total. The Bertz CT molecular complexity index is 548. The van der Waals surface area contributed by atoms with Gasteiger partial charge in [0.05, 0.1) is 19.8 Å². The number of rotatable bonds is 25. The van der Waals surface area contributed by atoms with E-state index in [1.165, 1.54) is 57.8 Å². The van der Waals surface area contributed by atoms with Gasteiger partial charge in [-0.15, -0.1) is 0 Å². The van der Waals surface area contributed by atoms with E-state index in [4.69, 9.17) is 18.5 Å². The van der Waals surface area contributed by atoms with Crippen molar-refractivity contribution in [2.45, 2.75) is 105 Å². The summed E-state index contributed by atoms with van der Waals surface area (Å²) in [5.74, 6) is 3.14. The van der Waals surface area contributed by atoms with Crippen molar-refractivity contribution in [1.29, 1.82) is 0 Å². The van der Waals surface area contributed by atoms with Gasteiger partial charge in [-0.3, -0.25) is 9.05 Å². The SMILES string of the molecule is COC(COCCC(C)CCCC(C)CCCC(C)CCCC(C)C)COP(=O)(O)OCCN(C)C. The first kappa shape index (κ1) is 36.0. The van der Waals surface area contributed by atoms with E-state index < -0.39 is 13.9 Å². The zero-order chi connectivity index (χ0) is 27.4. The minimum atomic E-state index is -4.07. The molecule has 0 radical (unpaired) electrons. The molecule has 0 bridgehead atoms. The van der Waals surface area contributed by atoms with Crippen LogP contribution in [0.2, 0.25) is 0 Å². The monoisotopic (exact) mass is 537 g/mol. The minimum absolute atomic E-state index is 0.0452. The third kappa shape index (κ3) is 23.1. The highest BCUT2D eigenvalue weighted by Gasteiger charge is 2.23. The van der Waals surface area contributed by atoms with Crippen LogP contribution in [-0.4, -0.2) is 70.1 Å². The second-order valence-corrected chi connectivity index (χ2v) is 13.1. The van der Waals surface area contributed by atoms with Crippen LogP contribution in [0, 0.1) is 23.7 Å². The fraction of sp³-hybridized carbons (Fsp3) is 1.00. The number of hydrogen-bond acceptors (Lipinski definition) is 6. The van der Waals surface area contributed by atoms with Gasteiger partial charge in [-0.1, -0.05) is 92.4 Å². The predicted molar refractivity (Wildman–Crippen MR) is 150 cm³/mol. The summed E-state index contributed by atoms with van der Waals surface area (Å²) in [6.07, 6.45) is 12.7. The summed E-state index contributed by atoms with van der Waals surface area (Å²) in [7, 11) is 1.20. The Hall–Kier alpha value is -0.0100. The van der Waals surface area contributed by atoms with Crippen LogP contribution in [0.4, 0.5) is 0 Å². The molecule has 0 aliphatic rings. The van der Waals surface area contributed by atoms with Gasteiger partial charge in [0, 0.05) is 20.3 Å². The Labute approximate surface area is 223 Å². The van der Waals surface area contributed by atoms with Gasteiger partial charge in [0.15, 0.2) is 0 Å². The summed E-state index contributed by atoms with van der Waals surface area (Å²) in [6.45, 7) is 13.4. The van der Waals surface area contributed by atoms with Crippen molar-refractivity contribution < 1.29 is 28.0 Å². The van der Waals surface area contributed by atoms with Crippen molar-refractivity contribution in [3.05, 3.63) is 0 Å². The first-order valence-corrected chi connectivity index (χ1v) is 15.8. The van der Waals surface area contributed by atoms with E-state index in [0.29, 0.717) is 25.7 Å². The van der Waals surface area contributed by atoms with Gasteiger partial charge in [-0.2, -0.15) is 0 Å². The van der Waals surface area contributed by atoms with Crippen molar-refractivity contribution in [2.24, 2.45) is 23.7 Å². The van der Waals surface area contributed by atoms with Crippen molar-refractivity contribution >= 4 is 7.82 Å². The maximum absolute atomic E-state index is 11.9. The maximum atomic E-state index is 11.9. The summed E-state index contributed by atoms with van der Waals surface area (Å²) in [5, 5.41) is 0. The van der Waals surface area contributed by atoms with E-state index >= 15 is 0 Å². The lowest BCUT2D eigenvalue weighted by atomic mass is 9.91. The second kappa shape index (κ2) is 21.9. The number of hydrogen-bond donors (Lipinski definition) is 1. The molecule has 0 amide bonds.